The van der Waals surface area contributed by atoms with Gasteiger partial charge in [0.15, 0.2) is 0 Å². The summed E-state index contributed by atoms with van der Waals surface area (Å²) in [4.78, 5) is 19.3. The maximum absolute atomic E-state index is 12.0. The number of carbonyl (C=O) groups excluding carboxylic acids is 1. The quantitative estimate of drug-likeness (QED) is 0.774. The van der Waals surface area contributed by atoms with Gasteiger partial charge in [-0.1, -0.05) is 6.07 Å². The molecular weight excluding hydrogens is 240 g/mol. The minimum atomic E-state index is 0.164. The summed E-state index contributed by atoms with van der Waals surface area (Å²) in [7, 11) is 0. The summed E-state index contributed by atoms with van der Waals surface area (Å²) >= 11 is 0. The molecule has 0 saturated carbocycles. The predicted molar refractivity (Wildman–Crippen MR) is 73.5 cm³/mol. The Labute approximate surface area is 111 Å². The van der Waals surface area contributed by atoms with Crippen molar-refractivity contribution in [2.45, 2.75) is 19.4 Å². The Morgan fingerprint density at radius 1 is 1.37 bits per heavy atom. The Kier molecular flexibility index (Phi) is 3.46. The second kappa shape index (κ2) is 5.40. The van der Waals surface area contributed by atoms with Crippen LogP contribution in [-0.2, 0) is 11.3 Å². The molecule has 1 aliphatic heterocycles. The number of imidazole rings is 1. The lowest BCUT2D eigenvalue weighted by Crippen LogP contribution is -2.37. The molecule has 1 saturated heterocycles. The van der Waals surface area contributed by atoms with Crippen LogP contribution in [0, 0.1) is 5.92 Å². The first-order valence-corrected chi connectivity index (χ1v) is 6.73. The third kappa shape index (κ3) is 2.76. The average molecular weight is 258 g/mol. The van der Waals surface area contributed by atoms with Crippen LogP contribution in [0.5, 0.6) is 0 Å². The van der Waals surface area contributed by atoms with E-state index in [1.165, 1.54) is 0 Å². The van der Waals surface area contributed by atoms with Crippen molar-refractivity contribution in [3.63, 3.8) is 0 Å². The van der Waals surface area contributed by atoms with Gasteiger partial charge in [-0.15, -0.1) is 0 Å². The number of hydrogen-bond donors (Lipinski definition) is 3. The SMILES string of the molecule is O=C(NCc1ccc2nc[nH]c2c1)C1CCNCC1. The van der Waals surface area contributed by atoms with Gasteiger partial charge in [-0.3, -0.25) is 4.79 Å². The first-order chi connectivity index (χ1) is 9.33. The molecule has 2 heterocycles. The second-order valence-corrected chi connectivity index (χ2v) is 5.00. The smallest absolute Gasteiger partial charge is 0.223 e. The monoisotopic (exact) mass is 258 g/mol. The van der Waals surface area contributed by atoms with Crippen molar-refractivity contribution in [2.24, 2.45) is 5.92 Å². The number of aromatic amines is 1. The molecule has 100 valence electrons. The van der Waals surface area contributed by atoms with Gasteiger partial charge in [0, 0.05) is 12.5 Å². The summed E-state index contributed by atoms with van der Waals surface area (Å²) < 4.78 is 0. The zero-order chi connectivity index (χ0) is 13.1. The molecule has 3 N–H and O–H groups in total. The van der Waals surface area contributed by atoms with Gasteiger partial charge in [0.25, 0.3) is 0 Å². The molecule has 0 atom stereocenters. The molecule has 0 aliphatic carbocycles. The molecule has 0 unspecified atom stereocenters. The number of nitrogens with one attached hydrogen (secondary N) is 3. The standard InChI is InChI=1S/C14H18N4O/c19-14(11-3-5-15-6-4-11)16-8-10-1-2-12-13(7-10)18-9-17-12/h1-2,7,9,11,15H,3-6,8H2,(H,16,19)(H,17,18). The Balaban J connectivity index is 1.60. The van der Waals surface area contributed by atoms with Gasteiger partial charge in [0.05, 0.1) is 17.4 Å². The highest BCUT2D eigenvalue weighted by Gasteiger charge is 2.20. The second-order valence-electron chi connectivity index (χ2n) is 5.00. The van der Waals surface area contributed by atoms with E-state index in [0.29, 0.717) is 6.54 Å². The number of H-pyrrole nitrogens is 1. The van der Waals surface area contributed by atoms with E-state index in [-0.39, 0.29) is 11.8 Å². The van der Waals surface area contributed by atoms with Gasteiger partial charge >= 0.3 is 0 Å². The maximum Gasteiger partial charge on any atom is 0.223 e. The molecule has 1 aliphatic rings. The van der Waals surface area contributed by atoms with Gasteiger partial charge in [-0.05, 0) is 43.6 Å². The summed E-state index contributed by atoms with van der Waals surface area (Å²) in [5.41, 5.74) is 3.06. The molecule has 1 aromatic carbocycles. The van der Waals surface area contributed by atoms with Crippen molar-refractivity contribution in [3.05, 3.63) is 30.1 Å². The van der Waals surface area contributed by atoms with Crippen molar-refractivity contribution in [1.29, 1.82) is 0 Å². The summed E-state index contributed by atoms with van der Waals surface area (Å²) in [6.07, 6.45) is 3.55. The van der Waals surface area contributed by atoms with Crippen LogP contribution in [0.15, 0.2) is 24.5 Å². The van der Waals surface area contributed by atoms with Gasteiger partial charge in [0.1, 0.15) is 0 Å². The van der Waals surface area contributed by atoms with Crippen LogP contribution in [0.25, 0.3) is 11.0 Å². The molecule has 0 bridgehead atoms. The van der Waals surface area contributed by atoms with Crippen molar-refractivity contribution >= 4 is 16.9 Å². The molecule has 5 nitrogen and oxygen atoms in total. The third-order valence-corrected chi connectivity index (χ3v) is 3.66. The number of piperidine rings is 1. The van der Waals surface area contributed by atoms with E-state index in [0.717, 1.165) is 42.5 Å². The molecular formula is C14H18N4O. The number of amides is 1. The van der Waals surface area contributed by atoms with E-state index in [2.05, 4.69) is 20.6 Å². The Morgan fingerprint density at radius 2 is 2.21 bits per heavy atom. The van der Waals surface area contributed by atoms with Crippen LogP contribution in [0.3, 0.4) is 0 Å². The van der Waals surface area contributed by atoms with Crippen molar-refractivity contribution in [3.8, 4) is 0 Å². The highest BCUT2D eigenvalue weighted by Crippen LogP contribution is 2.13. The van der Waals surface area contributed by atoms with E-state index in [1.807, 2.05) is 18.2 Å². The molecule has 1 amide bonds. The molecule has 3 rings (SSSR count). The minimum absolute atomic E-state index is 0.164. The first-order valence-electron chi connectivity index (χ1n) is 6.73. The number of nitrogens with zero attached hydrogens (tertiary/aromatic N) is 1. The van der Waals surface area contributed by atoms with E-state index in [4.69, 9.17) is 0 Å². The number of carbonyl (C=O) groups is 1. The van der Waals surface area contributed by atoms with E-state index in [1.54, 1.807) is 6.33 Å². The van der Waals surface area contributed by atoms with Crippen LogP contribution in [0.1, 0.15) is 18.4 Å². The number of aromatic nitrogens is 2. The fourth-order valence-corrected chi connectivity index (χ4v) is 2.51. The Morgan fingerprint density at radius 3 is 3.05 bits per heavy atom. The van der Waals surface area contributed by atoms with Gasteiger partial charge in [-0.2, -0.15) is 0 Å². The minimum Gasteiger partial charge on any atom is -0.352 e. The van der Waals surface area contributed by atoms with Crippen LogP contribution >= 0.6 is 0 Å². The summed E-state index contributed by atoms with van der Waals surface area (Å²) in [5.74, 6) is 0.336. The topological polar surface area (TPSA) is 69.8 Å². The number of fused-ring (bicyclic) bond motifs is 1. The lowest BCUT2D eigenvalue weighted by Gasteiger charge is -2.21. The predicted octanol–water partition coefficient (Wildman–Crippen LogP) is 1.18. The average Bonchev–Trinajstić information content (AvgIpc) is 2.93. The van der Waals surface area contributed by atoms with E-state index < -0.39 is 0 Å². The highest BCUT2D eigenvalue weighted by atomic mass is 16.1. The molecule has 0 radical (unpaired) electrons. The number of benzene rings is 1. The van der Waals surface area contributed by atoms with Crippen molar-refractivity contribution in [1.82, 2.24) is 20.6 Å². The summed E-state index contributed by atoms with van der Waals surface area (Å²) in [6, 6.07) is 6.01. The van der Waals surface area contributed by atoms with Crippen molar-refractivity contribution in [2.75, 3.05) is 13.1 Å². The van der Waals surface area contributed by atoms with Gasteiger partial charge in [0.2, 0.25) is 5.91 Å². The fraction of sp³-hybridized carbons (Fsp3) is 0.429. The zero-order valence-corrected chi connectivity index (χ0v) is 10.8. The van der Waals surface area contributed by atoms with Crippen LogP contribution in [-0.4, -0.2) is 29.0 Å². The summed E-state index contributed by atoms with van der Waals surface area (Å²) in [6.45, 7) is 2.47. The van der Waals surface area contributed by atoms with E-state index in [9.17, 15) is 4.79 Å². The molecule has 1 fully saturated rings. The highest BCUT2D eigenvalue weighted by molar-refractivity contribution is 5.79. The number of hydrogen-bond acceptors (Lipinski definition) is 3. The van der Waals surface area contributed by atoms with Crippen molar-refractivity contribution < 1.29 is 4.79 Å². The van der Waals surface area contributed by atoms with E-state index >= 15 is 0 Å². The fourth-order valence-electron chi connectivity index (χ4n) is 2.51. The molecule has 5 heteroatoms. The first kappa shape index (κ1) is 12.2. The van der Waals surface area contributed by atoms with Crippen LogP contribution in [0.4, 0.5) is 0 Å². The molecule has 19 heavy (non-hydrogen) atoms. The lowest BCUT2D eigenvalue weighted by molar-refractivity contribution is -0.125. The normalized spacial score (nSPS) is 16.6. The van der Waals surface area contributed by atoms with Crippen LogP contribution in [0.2, 0.25) is 0 Å². The Bertz CT molecular complexity index is 572. The van der Waals surface area contributed by atoms with Gasteiger partial charge < -0.3 is 15.6 Å². The largest absolute Gasteiger partial charge is 0.352 e. The molecule has 0 spiro atoms. The Hall–Kier alpha value is -1.88. The number of rotatable bonds is 3. The lowest BCUT2D eigenvalue weighted by atomic mass is 9.97. The molecule has 2 aromatic rings. The molecule has 1 aromatic heterocycles. The van der Waals surface area contributed by atoms with Gasteiger partial charge in [-0.25, -0.2) is 4.98 Å². The summed E-state index contributed by atoms with van der Waals surface area (Å²) in [5, 5.41) is 6.29. The third-order valence-electron chi connectivity index (χ3n) is 3.66. The van der Waals surface area contributed by atoms with Crippen LogP contribution < -0.4 is 10.6 Å². The zero-order valence-electron chi connectivity index (χ0n) is 10.8. The maximum atomic E-state index is 12.0.